The van der Waals surface area contributed by atoms with Gasteiger partial charge in [0, 0.05) is 37.7 Å². The molecule has 0 saturated heterocycles. The molecule has 0 aliphatic rings. The number of carbonyl (C=O) groups is 1. The van der Waals surface area contributed by atoms with E-state index in [1.165, 1.54) is 7.11 Å². The van der Waals surface area contributed by atoms with Gasteiger partial charge in [-0.3, -0.25) is 0 Å². The molecule has 0 saturated carbocycles. The van der Waals surface area contributed by atoms with E-state index in [0.29, 0.717) is 6.42 Å². The number of nitrogens with zero attached hydrogens (tertiary/aromatic N) is 1. The van der Waals surface area contributed by atoms with Crippen molar-refractivity contribution in [1.82, 2.24) is 4.57 Å². The average Bonchev–Trinajstić information content (AvgIpc) is 2.63. The predicted octanol–water partition coefficient (Wildman–Crippen LogP) is 1.82. The van der Waals surface area contributed by atoms with Gasteiger partial charge in [0.05, 0.1) is 0 Å². The van der Waals surface area contributed by atoms with Crippen molar-refractivity contribution in [3.63, 3.8) is 0 Å². The molecule has 0 fully saturated rings. The first-order valence-corrected chi connectivity index (χ1v) is 5.42. The Morgan fingerprint density at radius 2 is 2.18 bits per heavy atom. The van der Waals surface area contributed by atoms with Crippen molar-refractivity contribution in [2.24, 2.45) is 7.05 Å². The first-order chi connectivity index (χ1) is 8.13. The van der Waals surface area contributed by atoms with Crippen molar-refractivity contribution >= 4 is 16.9 Å². The van der Waals surface area contributed by atoms with Gasteiger partial charge in [0.1, 0.15) is 0 Å². The van der Waals surface area contributed by atoms with E-state index in [-0.39, 0.29) is 0 Å². The second kappa shape index (κ2) is 4.59. The maximum atomic E-state index is 10.9. The van der Waals surface area contributed by atoms with Crippen LogP contribution in [0.1, 0.15) is 5.56 Å². The van der Waals surface area contributed by atoms with Crippen LogP contribution in [-0.4, -0.2) is 28.9 Å². The molecule has 1 aromatic heterocycles. The summed E-state index contributed by atoms with van der Waals surface area (Å²) in [4.78, 5) is 10.9. The number of aromatic nitrogens is 1. The van der Waals surface area contributed by atoms with Gasteiger partial charge >= 0.3 is 5.97 Å². The number of aryl methyl sites for hydroxylation is 1. The highest BCUT2D eigenvalue weighted by Gasteiger charge is 2.19. The standard InChI is InChI=1S/C13H15NO3/c1-14-8-9(7-12(17-2)13(15)16)10-5-3-4-6-11(10)14/h3-6,8,12H,7H2,1-2H3,(H,15,16). The molecule has 1 atom stereocenters. The third-order valence-electron chi connectivity index (χ3n) is 2.94. The maximum Gasteiger partial charge on any atom is 0.333 e. The second-order valence-corrected chi connectivity index (χ2v) is 4.05. The largest absolute Gasteiger partial charge is 0.479 e. The lowest BCUT2D eigenvalue weighted by Gasteiger charge is -2.09. The fourth-order valence-corrected chi connectivity index (χ4v) is 2.06. The van der Waals surface area contributed by atoms with Gasteiger partial charge in [-0.15, -0.1) is 0 Å². The van der Waals surface area contributed by atoms with E-state index in [4.69, 9.17) is 9.84 Å². The van der Waals surface area contributed by atoms with Gasteiger partial charge in [0.2, 0.25) is 0 Å². The minimum absolute atomic E-state index is 0.382. The lowest BCUT2D eigenvalue weighted by molar-refractivity contribution is -0.148. The number of hydrogen-bond donors (Lipinski definition) is 1. The van der Waals surface area contributed by atoms with Crippen LogP contribution < -0.4 is 0 Å². The van der Waals surface area contributed by atoms with E-state index in [1.807, 2.05) is 42.1 Å². The summed E-state index contributed by atoms with van der Waals surface area (Å²) in [6, 6.07) is 7.94. The molecule has 0 spiro atoms. The van der Waals surface area contributed by atoms with Gasteiger partial charge in [-0.05, 0) is 11.6 Å². The van der Waals surface area contributed by atoms with Crippen molar-refractivity contribution in [2.75, 3.05) is 7.11 Å². The van der Waals surface area contributed by atoms with E-state index in [9.17, 15) is 4.79 Å². The molecular weight excluding hydrogens is 218 g/mol. The van der Waals surface area contributed by atoms with Crippen LogP contribution in [0.4, 0.5) is 0 Å². The summed E-state index contributed by atoms with van der Waals surface area (Å²) in [5, 5.41) is 10.1. The highest BCUT2D eigenvalue weighted by atomic mass is 16.5. The smallest absolute Gasteiger partial charge is 0.333 e. The number of ether oxygens (including phenoxy) is 1. The molecule has 0 bridgehead atoms. The topological polar surface area (TPSA) is 51.5 Å². The molecule has 2 aromatic rings. The lowest BCUT2D eigenvalue weighted by atomic mass is 10.1. The highest BCUT2D eigenvalue weighted by Crippen LogP contribution is 2.22. The summed E-state index contributed by atoms with van der Waals surface area (Å²) in [5.41, 5.74) is 2.10. The molecule has 90 valence electrons. The molecule has 1 N–H and O–H groups in total. The number of benzene rings is 1. The van der Waals surface area contributed by atoms with Crippen molar-refractivity contribution < 1.29 is 14.6 Å². The SMILES string of the molecule is COC(Cc1cn(C)c2ccccc12)C(=O)O. The number of carboxylic acid groups (broad SMARTS) is 1. The zero-order valence-corrected chi connectivity index (χ0v) is 9.88. The Hall–Kier alpha value is -1.81. The van der Waals surface area contributed by atoms with Gasteiger partial charge in [-0.25, -0.2) is 4.79 Å². The quantitative estimate of drug-likeness (QED) is 0.876. The van der Waals surface area contributed by atoms with Crippen LogP contribution in [0.15, 0.2) is 30.5 Å². The van der Waals surface area contributed by atoms with Crippen LogP contribution in [0.25, 0.3) is 10.9 Å². The summed E-state index contributed by atoms with van der Waals surface area (Å²) in [7, 11) is 3.37. The van der Waals surface area contributed by atoms with Gasteiger partial charge in [-0.1, -0.05) is 18.2 Å². The van der Waals surface area contributed by atoms with Crippen LogP contribution in [0.3, 0.4) is 0 Å². The monoisotopic (exact) mass is 233 g/mol. The molecule has 2 rings (SSSR count). The summed E-state index contributed by atoms with van der Waals surface area (Å²) in [6.07, 6.45) is 1.55. The Balaban J connectivity index is 2.39. The summed E-state index contributed by atoms with van der Waals surface area (Å²) >= 11 is 0. The molecule has 0 amide bonds. The van der Waals surface area contributed by atoms with E-state index in [2.05, 4.69) is 0 Å². The first kappa shape index (κ1) is 11.7. The van der Waals surface area contributed by atoms with E-state index in [0.717, 1.165) is 16.5 Å². The summed E-state index contributed by atoms with van der Waals surface area (Å²) < 4.78 is 6.96. The van der Waals surface area contributed by atoms with Gasteiger partial charge < -0.3 is 14.4 Å². The molecule has 4 heteroatoms. The molecule has 1 heterocycles. The molecule has 1 aromatic carbocycles. The molecule has 4 nitrogen and oxygen atoms in total. The van der Waals surface area contributed by atoms with Crippen molar-refractivity contribution in [1.29, 1.82) is 0 Å². The average molecular weight is 233 g/mol. The third kappa shape index (κ3) is 2.17. The Morgan fingerprint density at radius 1 is 1.47 bits per heavy atom. The second-order valence-electron chi connectivity index (χ2n) is 4.05. The van der Waals surface area contributed by atoms with Crippen molar-refractivity contribution in [3.8, 4) is 0 Å². The molecule has 0 aliphatic heterocycles. The fourth-order valence-electron chi connectivity index (χ4n) is 2.06. The number of para-hydroxylation sites is 1. The van der Waals surface area contributed by atoms with E-state index >= 15 is 0 Å². The van der Waals surface area contributed by atoms with Gasteiger partial charge in [-0.2, -0.15) is 0 Å². The molecule has 0 radical (unpaired) electrons. The van der Waals surface area contributed by atoms with Crippen LogP contribution in [-0.2, 0) is 23.0 Å². The first-order valence-electron chi connectivity index (χ1n) is 5.42. The lowest BCUT2D eigenvalue weighted by Crippen LogP contribution is -2.24. The van der Waals surface area contributed by atoms with Crippen molar-refractivity contribution in [2.45, 2.75) is 12.5 Å². The van der Waals surface area contributed by atoms with Gasteiger partial charge in [0.25, 0.3) is 0 Å². The zero-order valence-electron chi connectivity index (χ0n) is 9.88. The summed E-state index contributed by atoms with van der Waals surface area (Å²) in [6.45, 7) is 0. The Morgan fingerprint density at radius 3 is 2.82 bits per heavy atom. The molecule has 1 unspecified atom stereocenters. The number of carboxylic acids is 1. The van der Waals surface area contributed by atoms with E-state index in [1.54, 1.807) is 0 Å². The third-order valence-corrected chi connectivity index (χ3v) is 2.94. The fraction of sp³-hybridized carbons (Fsp3) is 0.308. The van der Waals surface area contributed by atoms with Crippen LogP contribution in [0.2, 0.25) is 0 Å². The van der Waals surface area contributed by atoms with Crippen LogP contribution in [0.5, 0.6) is 0 Å². The number of methoxy groups -OCH3 is 1. The predicted molar refractivity (Wildman–Crippen MR) is 65.1 cm³/mol. The minimum Gasteiger partial charge on any atom is -0.479 e. The Kier molecular flexibility index (Phi) is 3.15. The Bertz CT molecular complexity index is 545. The number of fused-ring (bicyclic) bond motifs is 1. The normalized spacial score (nSPS) is 12.8. The maximum absolute atomic E-state index is 10.9. The summed E-state index contributed by atoms with van der Waals surface area (Å²) in [5.74, 6) is -0.930. The number of rotatable bonds is 4. The molecular formula is C13H15NO3. The van der Waals surface area contributed by atoms with Crippen LogP contribution >= 0.6 is 0 Å². The zero-order chi connectivity index (χ0) is 12.4. The number of hydrogen-bond acceptors (Lipinski definition) is 2. The van der Waals surface area contributed by atoms with E-state index < -0.39 is 12.1 Å². The molecule has 0 aliphatic carbocycles. The van der Waals surface area contributed by atoms with Gasteiger partial charge in [0.15, 0.2) is 6.10 Å². The number of aliphatic carboxylic acids is 1. The van der Waals surface area contributed by atoms with Crippen LogP contribution in [0, 0.1) is 0 Å². The Labute approximate surface area is 99.4 Å². The highest BCUT2D eigenvalue weighted by molar-refractivity contribution is 5.84. The minimum atomic E-state index is -0.930. The molecule has 17 heavy (non-hydrogen) atoms. The van der Waals surface area contributed by atoms with Crippen molar-refractivity contribution in [3.05, 3.63) is 36.0 Å².